The molecule has 0 spiro atoms. The van der Waals surface area contributed by atoms with Gasteiger partial charge in [0.2, 0.25) is 0 Å². The summed E-state index contributed by atoms with van der Waals surface area (Å²) in [6.07, 6.45) is 0. The van der Waals surface area contributed by atoms with Gasteiger partial charge in [-0.05, 0) is 19.1 Å². The standard InChI is InChI=1S/C10H8O3S/c1-5-7(11)2-3-8-9(5)6(4-14-8)10(12)13/h2-4,11H,1H3,(H,12,13). The number of aromatic carboxylic acids is 1. The van der Waals surface area contributed by atoms with Crippen LogP contribution < -0.4 is 0 Å². The molecule has 2 rings (SSSR count). The second-order valence-corrected chi connectivity index (χ2v) is 3.95. The summed E-state index contributed by atoms with van der Waals surface area (Å²) in [5, 5.41) is 20.6. The molecule has 0 unspecified atom stereocenters. The molecule has 0 aliphatic carbocycles. The van der Waals surface area contributed by atoms with Crippen molar-refractivity contribution in [2.75, 3.05) is 0 Å². The first-order chi connectivity index (χ1) is 6.61. The molecule has 0 aliphatic rings. The highest BCUT2D eigenvalue weighted by Gasteiger charge is 2.14. The fourth-order valence-corrected chi connectivity index (χ4v) is 2.44. The van der Waals surface area contributed by atoms with Crippen LogP contribution in [0.25, 0.3) is 10.1 Å². The van der Waals surface area contributed by atoms with E-state index in [1.807, 2.05) is 0 Å². The van der Waals surface area contributed by atoms with Gasteiger partial charge in [-0.2, -0.15) is 0 Å². The topological polar surface area (TPSA) is 57.5 Å². The van der Waals surface area contributed by atoms with Crippen molar-refractivity contribution in [1.82, 2.24) is 0 Å². The largest absolute Gasteiger partial charge is 0.508 e. The molecule has 0 atom stereocenters. The van der Waals surface area contributed by atoms with Crippen molar-refractivity contribution in [2.24, 2.45) is 0 Å². The Morgan fingerprint density at radius 3 is 2.79 bits per heavy atom. The molecule has 0 amide bonds. The van der Waals surface area contributed by atoms with Crippen LogP contribution in [0, 0.1) is 6.92 Å². The van der Waals surface area contributed by atoms with E-state index in [1.165, 1.54) is 11.3 Å². The van der Waals surface area contributed by atoms with E-state index in [9.17, 15) is 9.90 Å². The summed E-state index contributed by atoms with van der Waals surface area (Å²) in [5.74, 6) is -0.816. The lowest BCUT2D eigenvalue weighted by molar-refractivity contribution is 0.0699. The molecular formula is C10H8O3S. The van der Waals surface area contributed by atoms with Crippen LogP contribution in [0.1, 0.15) is 15.9 Å². The molecule has 1 aromatic carbocycles. The lowest BCUT2D eigenvalue weighted by Gasteiger charge is -2.00. The van der Waals surface area contributed by atoms with Gasteiger partial charge in [0.05, 0.1) is 5.56 Å². The summed E-state index contributed by atoms with van der Waals surface area (Å²) in [6.45, 7) is 1.72. The van der Waals surface area contributed by atoms with Crippen LogP contribution in [0.5, 0.6) is 5.75 Å². The summed E-state index contributed by atoms with van der Waals surface area (Å²) >= 11 is 1.37. The highest BCUT2D eigenvalue weighted by atomic mass is 32.1. The van der Waals surface area contributed by atoms with Gasteiger partial charge >= 0.3 is 5.97 Å². The van der Waals surface area contributed by atoms with Crippen molar-refractivity contribution in [1.29, 1.82) is 0 Å². The molecule has 3 nitrogen and oxygen atoms in total. The van der Waals surface area contributed by atoms with Crippen molar-refractivity contribution in [2.45, 2.75) is 6.92 Å². The first kappa shape index (κ1) is 9.02. The van der Waals surface area contributed by atoms with E-state index in [0.717, 1.165) is 4.70 Å². The third-order valence-electron chi connectivity index (χ3n) is 2.20. The van der Waals surface area contributed by atoms with E-state index >= 15 is 0 Å². The van der Waals surface area contributed by atoms with Gasteiger partial charge in [-0.1, -0.05) is 0 Å². The van der Waals surface area contributed by atoms with Crippen molar-refractivity contribution >= 4 is 27.4 Å². The Kier molecular flexibility index (Phi) is 1.93. The first-order valence-corrected chi connectivity index (χ1v) is 4.92. The SMILES string of the molecule is Cc1c(O)ccc2scc(C(=O)O)c12. The molecule has 0 saturated heterocycles. The number of carboxylic acids is 1. The summed E-state index contributed by atoms with van der Waals surface area (Å²) in [7, 11) is 0. The monoisotopic (exact) mass is 208 g/mol. The minimum Gasteiger partial charge on any atom is -0.508 e. The smallest absolute Gasteiger partial charge is 0.337 e. The van der Waals surface area contributed by atoms with Crippen LogP contribution in [0.3, 0.4) is 0 Å². The predicted octanol–water partition coefficient (Wildman–Crippen LogP) is 2.61. The minimum atomic E-state index is -0.954. The molecule has 14 heavy (non-hydrogen) atoms. The number of aromatic hydroxyl groups is 1. The van der Waals surface area contributed by atoms with Crippen LogP contribution in [-0.2, 0) is 0 Å². The van der Waals surface area contributed by atoms with Gasteiger partial charge in [-0.15, -0.1) is 11.3 Å². The number of fused-ring (bicyclic) bond motifs is 1. The second-order valence-electron chi connectivity index (χ2n) is 3.04. The number of phenolic OH excluding ortho intramolecular Hbond substituents is 1. The zero-order valence-corrected chi connectivity index (χ0v) is 8.26. The number of carboxylic acid groups (broad SMARTS) is 1. The maximum absolute atomic E-state index is 10.9. The zero-order chi connectivity index (χ0) is 10.3. The first-order valence-electron chi connectivity index (χ1n) is 4.04. The van der Waals surface area contributed by atoms with Crippen LogP contribution in [0.4, 0.5) is 0 Å². The Morgan fingerprint density at radius 1 is 1.43 bits per heavy atom. The Balaban J connectivity index is 2.89. The molecular weight excluding hydrogens is 200 g/mol. The van der Waals surface area contributed by atoms with E-state index in [-0.39, 0.29) is 11.3 Å². The zero-order valence-electron chi connectivity index (χ0n) is 7.44. The molecule has 1 heterocycles. The summed E-state index contributed by atoms with van der Waals surface area (Å²) < 4.78 is 0.887. The van der Waals surface area contributed by atoms with Crippen molar-refractivity contribution in [3.8, 4) is 5.75 Å². The minimum absolute atomic E-state index is 0.137. The van der Waals surface area contributed by atoms with Crippen LogP contribution >= 0.6 is 11.3 Å². The number of phenols is 1. The summed E-state index contributed by atoms with van der Waals surface area (Å²) in [4.78, 5) is 10.9. The predicted molar refractivity (Wildman–Crippen MR) is 55.2 cm³/mol. The van der Waals surface area contributed by atoms with Gasteiger partial charge in [0.15, 0.2) is 0 Å². The maximum atomic E-state index is 10.9. The molecule has 0 fully saturated rings. The number of aryl methyl sites for hydroxylation is 1. The summed E-state index contributed by atoms with van der Waals surface area (Å²) in [6, 6.07) is 3.31. The Bertz CT molecular complexity index is 513. The summed E-state index contributed by atoms with van der Waals surface area (Å²) in [5.41, 5.74) is 0.888. The number of hydrogen-bond acceptors (Lipinski definition) is 3. The molecule has 2 N–H and O–H groups in total. The van der Waals surface area contributed by atoms with Gasteiger partial charge in [0.25, 0.3) is 0 Å². The lowest BCUT2D eigenvalue weighted by Crippen LogP contribution is -1.94. The molecule has 0 bridgehead atoms. The molecule has 4 heteroatoms. The fourth-order valence-electron chi connectivity index (χ4n) is 1.45. The third kappa shape index (κ3) is 1.15. The van der Waals surface area contributed by atoms with Crippen molar-refractivity contribution in [3.05, 3.63) is 28.6 Å². The van der Waals surface area contributed by atoms with Crippen LogP contribution in [-0.4, -0.2) is 16.2 Å². The number of rotatable bonds is 1. The molecule has 2 aromatic rings. The number of hydrogen-bond donors (Lipinski definition) is 2. The Labute approximate surface area is 84.2 Å². The Hall–Kier alpha value is -1.55. The number of thiophene rings is 1. The van der Waals surface area contributed by atoms with Gasteiger partial charge in [0.1, 0.15) is 5.75 Å². The molecule has 1 aromatic heterocycles. The van der Waals surface area contributed by atoms with Crippen molar-refractivity contribution < 1.29 is 15.0 Å². The Morgan fingerprint density at radius 2 is 2.14 bits per heavy atom. The molecule has 72 valence electrons. The highest BCUT2D eigenvalue weighted by Crippen LogP contribution is 2.33. The van der Waals surface area contributed by atoms with Gasteiger partial charge in [-0.3, -0.25) is 0 Å². The average molecular weight is 208 g/mol. The lowest BCUT2D eigenvalue weighted by atomic mass is 10.1. The van der Waals surface area contributed by atoms with Gasteiger partial charge < -0.3 is 10.2 Å². The van der Waals surface area contributed by atoms with Crippen LogP contribution in [0.15, 0.2) is 17.5 Å². The normalized spacial score (nSPS) is 10.6. The van der Waals surface area contributed by atoms with Gasteiger partial charge in [0, 0.05) is 21.0 Å². The quantitative estimate of drug-likeness (QED) is 0.757. The highest BCUT2D eigenvalue weighted by molar-refractivity contribution is 7.17. The number of benzene rings is 1. The average Bonchev–Trinajstić information content (AvgIpc) is 2.55. The molecule has 0 radical (unpaired) electrons. The van der Waals surface area contributed by atoms with E-state index < -0.39 is 5.97 Å². The van der Waals surface area contributed by atoms with E-state index in [1.54, 1.807) is 24.4 Å². The van der Waals surface area contributed by atoms with E-state index in [0.29, 0.717) is 10.9 Å². The van der Waals surface area contributed by atoms with Crippen LogP contribution in [0.2, 0.25) is 0 Å². The third-order valence-corrected chi connectivity index (χ3v) is 3.15. The maximum Gasteiger partial charge on any atom is 0.337 e. The van der Waals surface area contributed by atoms with Crippen molar-refractivity contribution in [3.63, 3.8) is 0 Å². The number of carbonyl (C=O) groups is 1. The van der Waals surface area contributed by atoms with E-state index in [4.69, 9.17) is 5.11 Å². The second kappa shape index (κ2) is 2.99. The van der Waals surface area contributed by atoms with E-state index in [2.05, 4.69) is 0 Å². The fraction of sp³-hybridized carbons (Fsp3) is 0.100. The van der Waals surface area contributed by atoms with Gasteiger partial charge in [-0.25, -0.2) is 4.79 Å². The molecule has 0 saturated carbocycles. The molecule has 0 aliphatic heterocycles.